The van der Waals surface area contributed by atoms with Crippen LogP contribution in [0.1, 0.15) is 13.3 Å². The van der Waals surface area contributed by atoms with Crippen LogP contribution in [-0.2, 0) is 9.59 Å². The Bertz CT molecular complexity index is 274. The maximum Gasteiger partial charge on any atom is 0.326 e. The third kappa shape index (κ3) is 2.62. The predicted octanol–water partition coefficient (Wildman–Crippen LogP) is 0.576. The van der Waals surface area contributed by atoms with Gasteiger partial charge in [-0.15, -0.1) is 0 Å². The maximum atomic E-state index is 13.0. The van der Waals surface area contributed by atoms with E-state index in [1.807, 2.05) is 0 Å². The van der Waals surface area contributed by atoms with E-state index in [0.29, 0.717) is 5.75 Å². The number of thiol groups is 1. The molecule has 86 valence electrons. The van der Waals surface area contributed by atoms with Gasteiger partial charge in [-0.05, 0) is 0 Å². The molecule has 1 heterocycles. The Hall–Kier alpha value is -0.780. The summed E-state index contributed by atoms with van der Waals surface area (Å²) in [6, 6.07) is -1.02. The molecular formula is C9H14FNO3S. The van der Waals surface area contributed by atoms with Gasteiger partial charge in [-0.25, -0.2) is 9.18 Å². The van der Waals surface area contributed by atoms with Crippen molar-refractivity contribution in [2.75, 3.05) is 12.3 Å². The van der Waals surface area contributed by atoms with Crippen molar-refractivity contribution in [2.45, 2.75) is 25.6 Å². The number of amides is 1. The Morgan fingerprint density at radius 2 is 2.27 bits per heavy atom. The number of likely N-dealkylation sites (tertiary alicyclic amines) is 1. The predicted molar refractivity (Wildman–Crippen MR) is 55.7 cm³/mol. The molecule has 0 aromatic rings. The van der Waals surface area contributed by atoms with Gasteiger partial charge in [0.25, 0.3) is 0 Å². The molecule has 1 N–H and O–H groups in total. The lowest BCUT2D eigenvalue weighted by Crippen LogP contribution is -2.43. The highest BCUT2D eigenvalue weighted by molar-refractivity contribution is 7.80. The molecule has 6 heteroatoms. The van der Waals surface area contributed by atoms with E-state index in [-0.39, 0.29) is 24.8 Å². The number of rotatable bonds is 3. The molecule has 1 amide bonds. The van der Waals surface area contributed by atoms with Crippen molar-refractivity contribution < 1.29 is 19.1 Å². The van der Waals surface area contributed by atoms with E-state index in [4.69, 9.17) is 5.11 Å². The number of aliphatic carboxylic acids is 1. The molecule has 0 spiro atoms. The summed E-state index contributed by atoms with van der Waals surface area (Å²) in [7, 11) is 0. The van der Waals surface area contributed by atoms with E-state index in [1.165, 1.54) is 0 Å². The van der Waals surface area contributed by atoms with Crippen molar-refractivity contribution in [1.82, 2.24) is 4.90 Å². The van der Waals surface area contributed by atoms with Gasteiger partial charge in [-0.3, -0.25) is 4.79 Å². The molecule has 0 aromatic heterocycles. The molecule has 1 aliphatic rings. The van der Waals surface area contributed by atoms with Crippen LogP contribution in [0.5, 0.6) is 0 Å². The normalized spacial score (nSPS) is 27.8. The molecule has 1 aliphatic heterocycles. The molecule has 0 radical (unpaired) electrons. The molecule has 1 rings (SSSR count). The molecule has 4 nitrogen and oxygen atoms in total. The zero-order valence-electron chi connectivity index (χ0n) is 8.39. The van der Waals surface area contributed by atoms with Crippen molar-refractivity contribution in [3.05, 3.63) is 0 Å². The van der Waals surface area contributed by atoms with E-state index < -0.39 is 18.2 Å². The topological polar surface area (TPSA) is 57.6 Å². The molecule has 1 unspecified atom stereocenters. The van der Waals surface area contributed by atoms with Crippen molar-refractivity contribution in [1.29, 1.82) is 0 Å². The van der Waals surface area contributed by atoms with Gasteiger partial charge >= 0.3 is 5.97 Å². The summed E-state index contributed by atoms with van der Waals surface area (Å²) in [5.74, 6) is -1.52. The van der Waals surface area contributed by atoms with Gasteiger partial charge in [0.2, 0.25) is 5.91 Å². The number of carbonyl (C=O) groups excluding carboxylic acids is 1. The van der Waals surface area contributed by atoms with Crippen LogP contribution < -0.4 is 0 Å². The second kappa shape index (κ2) is 4.83. The van der Waals surface area contributed by atoms with Gasteiger partial charge in [0.05, 0.1) is 6.54 Å². The summed E-state index contributed by atoms with van der Waals surface area (Å²) in [6.07, 6.45) is -1.34. The molecule has 15 heavy (non-hydrogen) atoms. The molecule has 3 atom stereocenters. The quantitative estimate of drug-likeness (QED) is 0.703. The lowest BCUT2D eigenvalue weighted by atomic mass is 10.1. The highest BCUT2D eigenvalue weighted by Gasteiger charge is 2.40. The van der Waals surface area contributed by atoms with E-state index >= 15 is 0 Å². The average molecular weight is 235 g/mol. The van der Waals surface area contributed by atoms with Crippen LogP contribution in [0.4, 0.5) is 4.39 Å². The Kier molecular flexibility index (Phi) is 3.96. The number of carbonyl (C=O) groups is 2. The first-order valence-electron chi connectivity index (χ1n) is 4.75. The van der Waals surface area contributed by atoms with E-state index in [2.05, 4.69) is 12.6 Å². The fraction of sp³-hybridized carbons (Fsp3) is 0.778. The second-order valence-corrected chi connectivity index (χ2v) is 4.13. The number of nitrogens with zero attached hydrogens (tertiary/aromatic N) is 1. The first-order chi connectivity index (χ1) is 6.97. The Labute approximate surface area is 92.9 Å². The largest absolute Gasteiger partial charge is 0.480 e. The van der Waals surface area contributed by atoms with Crippen LogP contribution in [0.2, 0.25) is 0 Å². The van der Waals surface area contributed by atoms with Gasteiger partial charge in [-0.1, -0.05) is 6.92 Å². The summed E-state index contributed by atoms with van der Waals surface area (Å²) in [5.41, 5.74) is 0. The van der Waals surface area contributed by atoms with Crippen LogP contribution in [0.25, 0.3) is 0 Å². The highest BCUT2D eigenvalue weighted by atomic mass is 32.1. The third-order valence-corrected chi connectivity index (χ3v) is 3.06. The Morgan fingerprint density at radius 1 is 1.67 bits per heavy atom. The average Bonchev–Trinajstić information content (AvgIpc) is 2.58. The Morgan fingerprint density at radius 3 is 2.73 bits per heavy atom. The maximum absolute atomic E-state index is 13.0. The van der Waals surface area contributed by atoms with E-state index in [9.17, 15) is 14.0 Å². The zero-order chi connectivity index (χ0) is 11.6. The first kappa shape index (κ1) is 12.3. The van der Waals surface area contributed by atoms with Gasteiger partial charge < -0.3 is 10.0 Å². The standard InChI is InChI=1S/C9H14FNO3S/c1-5(4-15)8(12)11-3-6(10)2-7(11)9(13)14/h5-7,15H,2-4H2,1H3,(H,13,14)/t5?,6-,7-/m0/s1. The highest BCUT2D eigenvalue weighted by Crippen LogP contribution is 2.22. The smallest absolute Gasteiger partial charge is 0.326 e. The lowest BCUT2D eigenvalue weighted by molar-refractivity contribution is -0.149. The first-order valence-corrected chi connectivity index (χ1v) is 5.38. The molecule has 0 aliphatic carbocycles. The third-order valence-electron chi connectivity index (χ3n) is 2.51. The molecule has 1 saturated heterocycles. The number of carboxylic acid groups (broad SMARTS) is 1. The van der Waals surface area contributed by atoms with Crippen molar-refractivity contribution in [3.8, 4) is 0 Å². The molecule has 0 aromatic carbocycles. The number of carboxylic acids is 1. The zero-order valence-corrected chi connectivity index (χ0v) is 9.28. The summed E-state index contributed by atoms with van der Waals surface area (Å²) in [5, 5.41) is 8.83. The van der Waals surface area contributed by atoms with Gasteiger partial charge in [0, 0.05) is 18.1 Å². The minimum Gasteiger partial charge on any atom is -0.480 e. The van der Waals surface area contributed by atoms with Crippen molar-refractivity contribution in [2.24, 2.45) is 5.92 Å². The monoisotopic (exact) mass is 235 g/mol. The summed E-state index contributed by atoms with van der Waals surface area (Å²) in [4.78, 5) is 23.6. The van der Waals surface area contributed by atoms with E-state index in [1.54, 1.807) is 6.92 Å². The fourth-order valence-electron chi connectivity index (χ4n) is 1.62. The van der Waals surface area contributed by atoms with Crippen LogP contribution in [0.15, 0.2) is 0 Å². The van der Waals surface area contributed by atoms with Gasteiger partial charge in [0.1, 0.15) is 12.2 Å². The molecule has 1 fully saturated rings. The van der Waals surface area contributed by atoms with Crippen LogP contribution in [-0.4, -0.2) is 46.4 Å². The fourth-order valence-corrected chi connectivity index (χ4v) is 1.78. The number of hydrogen-bond donors (Lipinski definition) is 2. The van der Waals surface area contributed by atoms with Crippen molar-refractivity contribution >= 4 is 24.5 Å². The van der Waals surface area contributed by atoms with Crippen LogP contribution in [0.3, 0.4) is 0 Å². The number of hydrogen-bond acceptors (Lipinski definition) is 3. The van der Waals surface area contributed by atoms with Gasteiger partial charge in [-0.2, -0.15) is 12.6 Å². The minimum absolute atomic E-state index is 0.111. The van der Waals surface area contributed by atoms with Crippen molar-refractivity contribution in [3.63, 3.8) is 0 Å². The number of halogens is 1. The van der Waals surface area contributed by atoms with Crippen LogP contribution >= 0.6 is 12.6 Å². The second-order valence-electron chi connectivity index (χ2n) is 3.76. The lowest BCUT2D eigenvalue weighted by Gasteiger charge is -2.23. The molecular weight excluding hydrogens is 221 g/mol. The van der Waals surface area contributed by atoms with Crippen LogP contribution in [0, 0.1) is 5.92 Å². The molecule has 0 saturated carbocycles. The SMILES string of the molecule is CC(CS)C(=O)N1C[C@@H](F)C[C@H]1C(=O)O. The van der Waals surface area contributed by atoms with E-state index in [0.717, 1.165) is 4.90 Å². The number of alkyl halides is 1. The Balaban J connectivity index is 2.75. The minimum atomic E-state index is -1.23. The summed E-state index contributed by atoms with van der Waals surface area (Å²) < 4.78 is 13.0. The summed E-state index contributed by atoms with van der Waals surface area (Å²) in [6.45, 7) is 1.54. The molecule has 0 bridgehead atoms. The summed E-state index contributed by atoms with van der Waals surface area (Å²) >= 11 is 3.96. The van der Waals surface area contributed by atoms with Gasteiger partial charge in [0.15, 0.2) is 0 Å².